The third kappa shape index (κ3) is 5.90. The average molecular weight is 618 g/mol. The van der Waals surface area contributed by atoms with E-state index in [-0.39, 0.29) is 23.5 Å². The smallest absolute Gasteiger partial charge is 0.276 e. The number of hydrogen-bond acceptors (Lipinski definition) is 8. The van der Waals surface area contributed by atoms with Crippen molar-refractivity contribution in [1.29, 1.82) is 0 Å². The summed E-state index contributed by atoms with van der Waals surface area (Å²) in [5.74, 6) is -0.273. The molecule has 0 saturated carbocycles. The molecule has 43 heavy (non-hydrogen) atoms. The number of fused-ring (bicyclic) bond motifs is 3. The van der Waals surface area contributed by atoms with E-state index < -0.39 is 5.82 Å². The molecule has 0 radical (unpaired) electrons. The molecule has 1 saturated heterocycles. The molecule has 6 rings (SSSR count). The molecule has 0 aliphatic carbocycles. The monoisotopic (exact) mass is 617 g/mol. The summed E-state index contributed by atoms with van der Waals surface area (Å²) in [6, 6.07) is 20.1. The zero-order valence-corrected chi connectivity index (χ0v) is 25.6. The van der Waals surface area contributed by atoms with Crippen LogP contribution in [0.15, 0.2) is 66.7 Å². The van der Waals surface area contributed by atoms with E-state index in [1.54, 1.807) is 30.0 Å². The Morgan fingerprint density at radius 3 is 2.60 bits per heavy atom. The Labute approximate surface area is 258 Å². The molecule has 2 aliphatic rings. The molecule has 4 heterocycles. The number of aromatic nitrogens is 1. The lowest BCUT2D eigenvalue weighted by molar-refractivity contribution is 0.0981. The van der Waals surface area contributed by atoms with Gasteiger partial charge < -0.3 is 19.7 Å². The topological polar surface area (TPSA) is 89.0 Å². The van der Waals surface area contributed by atoms with Crippen molar-refractivity contribution in [3.63, 3.8) is 0 Å². The van der Waals surface area contributed by atoms with Crippen molar-refractivity contribution >= 4 is 52.6 Å². The molecule has 0 spiro atoms. The van der Waals surface area contributed by atoms with Gasteiger partial charge in [0.15, 0.2) is 0 Å². The van der Waals surface area contributed by atoms with Crippen molar-refractivity contribution < 1.29 is 18.5 Å². The van der Waals surface area contributed by atoms with Crippen LogP contribution in [0, 0.1) is 12.7 Å². The number of amides is 2. The summed E-state index contributed by atoms with van der Waals surface area (Å²) < 4.78 is 25.7. The van der Waals surface area contributed by atoms with Gasteiger partial charge in [-0.2, -0.15) is 0 Å². The number of benzene rings is 2. The summed E-state index contributed by atoms with van der Waals surface area (Å²) in [5.41, 5.74) is 3.81. The first-order valence-corrected chi connectivity index (χ1v) is 15.8. The quantitative estimate of drug-likeness (QED) is 0.183. The molecule has 0 bridgehead atoms. The van der Waals surface area contributed by atoms with E-state index in [1.807, 2.05) is 53.8 Å². The van der Waals surface area contributed by atoms with Gasteiger partial charge in [0.1, 0.15) is 17.3 Å². The van der Waals surface area contributed by atoms with Crippen LogP contribution in [0.25, 0.3) is 10.4 Å². The van der Waals surface area contributed by atoms with Gasteiger partial charge in [0, 0.05) is 43.2 Å². The van der Waals surface area contributed by atoms with Crippen molar-refractivity contribution in [1.82, 2.24) is 9.29 Å². The number of carbonyl (C=O) groups excluding carboxylic acids is 2. The van der Waals surface area contributed by atoms with E-state index >= 15 is 0 Å². The number of halogens is 1. The number of carbonyl (C=O) groups is 2. The van der Waals surface area contributed by atoms with Crippen molar-refractivity contribution in [2.24, 2.45) is 0 Å². The zero-order valence-electron chi connectivity index (χ0n) is 23.9. The van der Waals surface area contributed by atoms with Gasteiger partial charge in [0.05, 0.1) is 28.5 Å². The maximum Gasteiger partial charge on any atom is 0.276 e. The van der Waals surface area contributed by atoms with Gasteiger partial charge >= 0.3 is 0 Å². The maximum absolute atomic E-state index is 14.4. The fourth-order valence-electron chi connectivity index (χ4n) is 5.76. The molecular weight excluding hydrogens is 586 g/mol. The highest BCUT2D eigenvalue weighted by atomic mass is 32.2. The van der Waals surface area contributed by atoms with Crippen LogP contribution < -0.4 is 15.1 Å². The fourth-order valence-corrected chi connectivity index (χ4v) is 7.27. The summed E-state index contributed by atoms with van der Waals surface area (Å²) in [6.45, 7) is 3.75. The van der Waals surface area contributed by atoms with Gasteiger partial charge in [0.25, 0.3) is 11.8 Å². The van der Waals surface area contributed by atoms with E-state index in [2.05, 4.69) is 10.2 Å². The number of nitrogens with one attached hydrogen (secondary N) is 1. The first kappa shape index (κ1) is 29.3. The zero-order chi connectivity index (χ0) is 30.1. The molecule has 2 aromatic carbocycles. The standard InChI is InChI=1S/C32H32FN5O3S2/c1-20-7-5-9-24(33)29(20)35-31(39)27-19-21-13-18-38(26-11-4-3-8-23(26)30(21)42-27)32(40)25-10-6-12-28(34-25)36(2)22-14-16-37(43-41)17-15-22/h3-12,19,22,41H,13-18H2,1-2H3,(H,35,39). The van der Waals surface area contributed by atoms with Crippen LogP contribution >= 0.6 is 23.6 Å². The van der Waals surface area contributed by atoms with Crippen molar-refractivity contribution in [2.75, 3.05) is 41.8 Å². The second-order valence-corrected chi connectivity index (χ2v) is 12.5. The third-order valence-corrected chi connectivity index (χ3v) is 9.99. The molecule has 2 N–H and O–H groups in total. The molecule has 222 valence electrons. The molecule has 8 nitrogen and oxygen atoms in total. The van der Waals surface area contributed by atoms with Gasteiger partial charge in [-0.3, -0.25) is 9.59 Å². The highest BCUT2D eigenvalue weighted by molar-refractivity contribution is 7.91. The average Bonchev–Trinajstić information content (AvgIpc) is 3.40. The van der Waals surface area contributed by atoms with Gasteiger partial charge in [-0.15, -0.1) is 11.3 Å². The maximum atomic E-state index is 14.4. The molecule has 4 aromatic rings. The number of pyridine rings is 1. The molecule has 0 unspecified atom stereocenters. The van der Waals surface area contributed by atoms with E-state index in [1.165, 1.54) is 17.4 Å². The molecule has 1 fully saturated rings. The number of thiophene rings is 1. The molecule has 2 amide bonds. The number of nitrogens with zero attached hydrogens (tertiary/aromatic N) is 4. The van der Waals surface area contributed by atoms with E-state index in [0.717, 1.165) is 65.7 Å². The lowest BCUT2D eigenvalue weighted by Gasteiger charge is -2.35. The van der Waals surface area contributed by atoms with E-state index in [4.69, 9.17) is 4.98 Å². The van der Waals surface area contributed by atoms with Crippen LogP contribution in [0.5, 0.6) is 0 Å². The van der Waals surface area contributed by atoms with Crippen LogP contribution in [-0.2, 0) is 6.42 Å². The van der Waals surface area contributed by atoms with Crippen molar-refractivity contribution in [2.45, 2.75) is 32.2 Å². The van der Waals surface area contributed by atoms with Crippen LogP contribution in [0.4, 0.5) is 21.6 Å². The number of hydrogen-bond donors (Lipinski definition) is 2. The molecule has 0 atom stereocenters. The number of aryl methyl sites for hydroxylation is 1. The number of anilines is 3. The predicted octanol–water partition coefficient (Wildman–Crippen LogP) is 6.73. The largest absolute Gasteiger partial charge is 0.357 e. The first-order chi connectivity index (χ1) is 20.8. The Morgan fingerprint density at radius 1 is 1.07 bits per heavy atom. The Hall–Kier alpha value is -3.77. The minimum Gasteiger partial charge on any atom is -0.357 e. The summed E-state index contributed by atoms with van der Waals surface area (Å²) >= 11 is 2.14. The summed E-state index contributed by atoms with van der Waals surface area (Å²) in [6.07, 6.45) is 2.34. The Morgan fingerprint density at radius 2 is 1.84 bits per heavy atom. The number of piperidine rings is 1. The van der Waals surface area contributed by atoms with Crippen LogP contribution in [-0.4, -0.2) is 58.4 Å². The predicted molar refractivity (Wildman–Crippen MR) is 172 cm³/mol. The highest BCUT2D eigenvalue weighted by Gasteiger charge is 2.29. The lowest BCUT2D eigenvalue weighted by atomic mass is 10.1. The molecule has 11 heteroatoms. The normalized spacial score (nSPS) is 15.4. The third-order valence-electron chi connectivity index (χ3n) is 8.18. The van der Waals surface area contributed by atoms with Gasteiger partial charge in [0.2, 0.25) is 0 Å². The van der Waals surface area contributed by atoms with E-state index in [0.29, 0.717) is 29.1 Å². The van der Waals surface area contributed by atoms with Crippen LogP contribution in [0.3, 0.4) is 0 Å². The van der Waals surface area contributed by atoms with Gasteiger partial charge in [-0.05, 0) is 67.6 Å². The van der Waals surface area contributed by atoms with Gasteiger partial charge in [-0.1, -0.05) is 36.4 Å². The van der Waals surface area contributed by atoms with Crippen LogP contribution in [0.2, 0.25) is 0 Å². The van der Waals surface area contributed by atoms with Crippen molar-refractivity contribution in [3.05, 3.63) is 94.2 Å². The Kier molecular flexibility index (Phi) is 8.49. The molecular formula is C32H32FN5O3S2. The number of para-hydroxylation sites is 2. The molecule has 2 aromatic heterocycles. The minimum absolute atomic E-state index is 0.183. The molecule has 2 aliphatic heterocycles. The van der Waals surface area contributed by atoms with Crippen molar-refractivity contribution in [3.8, 4) is 10.4 Å². The Bertz CT molecular complexity index is 1650. The second-order valence-electron chi connectivity index (χ2n) is 10.8. The number of rotatable bonds is 6. The summed E-state index contributed by atoms with van der Waals surface area (Å²) in [7, 11) is 2.00. The Balaban J connectivity index is 1.25. The fraction of sp³-hybridized carbons (Fsp3) is 0.281. The summed E-state index contributed by atoms with van der Waals surface area (Å²) in [5, 5.41) is 2.74. The van der Waals surface area contributed by atoms with Gasteiger partial charge in [-0.25, -0.2) is 13.7 Å². The first-order valence-electron chi connectivity index (χ1n) is 14.2. The minimum atomic E-state index is -0.471. The summed E-state index contributed by atoms with van der Waals surface area (Å²) in [4.78, 5) is 37.2. The lowest BCUT2D eigenvalue weighted by Crippen LogP contribution is -2.41. The second kappa shape index (κ2) is 12.5. The SMILES string of the molecule is Cc1cccc(F)c1NC(=O)c1cc2c(s1)-c1ccccc1N(C(=O)c1cccc(N(C)C3CCN(SO)CC3)n1)CC2. The highest BCUT2D eigenvalue weighted by Crippen LogP contribution is 2.42. The van der Waals surface area contributed by atoms with Crippen LogP contribution in [0.1, 0.15) is 44.1 Å². The van der Waals surface area contributed by atoms with E-state index in [9.17, 15) is 18.5 Å².